The van der Waals surface area contributed by atoms with E-state index in [9.17, 15) is 4.21 Å². The molecule has 2 atom stereocenters. The second-order valence-corrected chi connectivity index (χ2v) is 9.17. The fourth-order valence-corrected chi connectivity index (χ4v) is 5.45. The molecule has 2 aromatic carbocycles. The lowest BCUT2D eigenvalue weighted by Crippen LogP contribution is -2.15. The van der Waals surface area contributed by atoms with E-state index in [1.54, 1.807) is 0 Å². The zero-order valence-electron chi connectivity index (χ0n) is 12.1. The Morgan fingerprint density at radius 2 is 1.45 bits per heavy atom. The monoisotopic (exact) mass is 304 g/mol. The summed E-state index contributed by atoms with van der Waals surface area (Å²) in [6, 6.07) is 20.3. The van der Waals surface area contributed by atoms with Crippen molar-refractivity contribution in [2.75, 3.05) is 0 Å². The van der Waals surface area contributed by atoms with Gasteiger partial charge in [0.1, 0.15) is 0 Å². The largest absolute Gasteiger partial charge is 0.247 e. The van der Waals surface area contributed by atoms with Crippen molar-refractivity contribution >= 4 is 20.6 Å². The topological polar surface area (TPSA) is 17.1 Å². The molecule has 1 nitrogen and oxygen atoms in total. The molecule has 0 radical (unpaired) electrons. The molecule has 3 heteroatoms. The quantitative estimate of drug-likeness (QED) is 0.717. The normalized spacial score (nSPS) is 14.8. The Bertz CT molecular complexity index is 564. The van der Waals surface area contributed by atoms with Gasteiger partial charge in [0.05, 0.1) is 15.1 Å². The summed E-state index contributed by atoms with van der Waals surface area (Å²) in [7, 11) is 0.561. The molecular weight excluding hydrogens is 284 g/mol. The standard InChI is InChI=1S/C17H20OS2/c1-14(15-10-6-4-7-11-15)20(18)19-17(2,3)16-12-8-5-9-13-16/h4-14H,1-3H3/t14?,20-/m0/s1. The molecule has 0 aromatic heterocycles. The van der Waals surface area contributed by atoms with Crippen LogP contribution in [0.3, 0.4) is 0 Å². The van der Waals surface area contributed by atoms with Crippen LogP contribution in [0.2, 0.25) is 0 Å². The summed E-state index contributed by atoms with van der Waals surface area (Å²) in [6.45, 7) is 6.28. The SMILES string of the molecule is CC(c1ccccc1)[S@@](=O)SC(C)(C)c1ccccc1. The van der Waals surface area contributed by atoms with Crippen molar-refractivity contribution in [1.82, 2.24) is 0 Å². The first-order valence-electron chi connectivity index (χ1n) is 6.71. The van der Waals surface area contributed by atoms with Gasteiger partial charge in [-0.15, -0.1) is 0 Å². The average Bonchev–Trinajstić information content (AvgIpc) is 2.48. The van der Waals surface area contributed by atoms with E-state index < -0.39 is 9.83 Å². The molecule has 0 saturated heterocycles. The number of benzene rings is 2. The van der Waals surface area contributed by atoms with Crippen molar-refractivity contribution in [2.45, 2.75) is 30.8 Å². The zero-order chi connectivity index (χ0) is 14.6. The molecule has 0 aliphatic carbocycles. The van der Waals surface area contributed by atoms with Gasteiger partial charge in [0, 0.05) is 4.75 Å². The molecule has 0 spiro atoms. The molecule has 0 aliphatic heterocycles. The van der Waals surface area contributed by atoms with E-state index in [1.807, 2.05) is 55.5 Å². The predicted octanol–water partition coefficient (Wildman–Crippen LogP) is 5.08. The molecule has 2 aromatic rings. The van der Waals surface area contributed by atoms with Crippen molar-refractivity contribution < 1.29 is 4.21 Å². The van der Waals surface area contributed by atoms with E-state index in [0.29, 0.717) is 0 Å². The first-order chi connectivity index (χ1) is 9.50. The smallest absolute Gasteiger partial charge is 0.0885 e. The summed E-state index contributed by atoms with van der Waals surface area (Å²) in [6.07, 6.45) is 0. The maximum atomic E-state index is 12.6. The maximum Gasteiger partial charge on any atom is 0.0885 e. The highest BCUT2D eigenvalue weighted by Gasteiger charge is 2.27. The summed E-state index contributed by atoms with van der Waals surface area (Å²) in [5.41, 5.74) is 2.33. The molecule has 2 rings (SSSR count). The molecule has 106 valence electrons. The first-order valence-corrected chi connectivity index (χ1v) is 9.26. The second kappa shape index (κ2) is 6.59. The van der Waals surface area contributed by atoms with Crippen molar-refractivity contribution in [1.29, 1.82) is 0 Å². The van der Waals surface area contributed by atoms with Crippen LogP contribution in [0.1, 0.15) is 37.1 Å². The van der Waals surface area contributed by atoms with Crippen molar-refractivity contribution in [3.63, 3.8) is 0 Å². The summed E-state index contributed by atoms with van der Waals surface area (Å²) < 4.78 is 12.4. The van der Waals surface area contributed by atoms with Gasteiger partial charge in [0.2, 0.25) is 0 Å². The van der Waals surface area contributed by atoms with E-state index in [1.165, 1.54) is 16.4 Å². The predicted molar refractivity (Wildman–Crippen MR) is 90.1 cm³/mol. The molecular formula is C17H20OS2. The van der Waals surface area contributed by atoms with Gasteiger partial charge in [-0.3, -0.25) is 0 Å². The molecule has 0 saturated carbocycles. The van der Waals surface area contributed by atoms with E-state index in [-0.39, 0.29) is 10.00 Å². The highest BCUT2D eigenvalue weighted by molar-refractivity contribution is 8.69. The van der Waals surface area contributed by atoms with Crippen LogP contribution < -0.4 is 0 Å². The van der Waals surface area contributed by atoms with E-state index >= 15 is 0 Å². The lowest BCUT2D eigenvalue weighted by molar-refractivity contribution is 0.684. The van der Waals surface area contributed by atoms with Gasteiger partial charge in [-0.25, -0.2) is 4.21 Å². The van der Waals surface area contributed by atoms with Crippen LogP contribution in [-0.2, 0) is 14.6 Å². The van der Waals surface area contributed by atoms with Gasteiger partial charge in [0.15, 0.2) is 0 Å². The molecule has 0 fully saturated rings. The fourth-order valence-electron chi connectivity index (χ4n) is 2.00. The Labute approximate surface area is 127 Å². The van der Waals surface area contributed by atoms with Gasteiger partial charge in [-0.1, -0.05) is 60.7 Å². The number of rotatable bonds is 5. The zero-order valence-corrected chi connectivity index (χ0v) is 13.7. The second-order valence-electron chi connectivity index (χ2n) is 5.27. The number of hydrogen-bond acceptors (Lipinski definition) is 2. The summed E-state index contributed by atoms with van der Waals surface area (Å²) in [5.74, 6) is 0. The fraction of sp³-hybridized carbons (Fsp3) is 0.294. The minimum atomic E-state index is -0.969. The van der Waals surface area contributed by atoms with Crippen LogP contribution in [0.5, 0.6) is 0 Å². The summed E-state index contributed by atoms with van der Waals surface area (Å²) in [4.78, 5) is 0. The highest BCUT2D eigenvalue weighted by Crippen LogP contribution is 2.41. The third kappa shape index (κ3) is 3.74. The Kier molecular flexibility index (Phi) is 5.06. The minimum absolute atomic E-state index is 0.0317. The average molecular weight is 304 g/mol. The highest BCUT2D eigenvalue weighted by atomic mass is 33.1. The van der Waals surface area contributed by atoms with E-state index in [4.69, 9.17) is 0 Å². The lowest BCUT2D eigenvalue weighted by Gasteiger charge is -2.25. The van der Waals surface area contributed by atoms with Crippen LogP contribution in [0.25, 0.3) is 0 Å². The van der Waals surface area contributed by atoms with Crippen LogP contribution in [0, 0.1) is 0 Å². The lowest BCUT2D eigenvalue weighted by atomic mass is 10.0. The third-order valence-corrected chi connectivity index (χ3v) is 7.59. The van der Waals surface area contributed by atoms with Gasteiger partial charge in [0.25, 0.3) is 0 Å². The van der Waals surface area contributed by atoms with Crippen molar-refractivity contribution in [3.8, 4) is 0 Å². The molecule has 20 heavy (non-hydrogen) atoms. The van der Waals surface area contributed by atoms with Crippen molar-refractivity contribution in [3.05, 3.63) is 71.8 Å². The van der Waals surface area contributed by atoms with Crippen LogP contribution in [-0.4, -0.2) is 4.21 Å². The maximum absolute atomic E-state index is 12.6. The van der Waals surface area contributed by atoms with Gasteiger partial charge < -0.3 is 0 Å². The Balaban J connectivity index is 2.11. The van der Waals surface area contributed by atoms with Crippen LogP contribution >= 0.6 is 10.8 Å². The van der Waals surface area contributed by atoms with Gasteiger partial charge in [-0.05, 0) is 42.7 Å². The van der Waals surface area contributed by atoms with Crippen molar-refractivity contribution in [2.24, 2.45) is 0 Å². The molecule has 0 bridgehead atoms. The molecule has 0 heterocycles. The van der Waals surface area contributed by atoms with Gasteiger partial charge in [-0.2, -0.15) is 0 Å². The Hall–Kier alpha value is -1.06. The summed E-state index contributed by atoms with van der Waals surface area (Å²) in [5, 5.41) is 0.0317. The summed E-state index contributed by atoms with van der Waals surface area (Å²) >= 11 is 0. The van der Waals surface area contributed by atoms with Crippen LogP contribution in [0.4, 0.5) is 0 Å². The minimum Gasteiger partial charge on any atom is -0.247 e. The molecule has 1 unspecified atom stereocenters. The molecule has 0 amide bonds. The molecule has 0 N–H and O–H groups in total. The molecule has 0 aliphatic rings. The Morgan fingerprint density at radius 1 is 0.950 bits per heavy atom. The van der Waals surface area contributed by atoms with E-state index in [2.05, 4.69) is 26.0 Å². The van der Waals surface area contributed by atoms with E-state index in [0.717, 1.165) is 5.56 Å². The Morgan fingerprint density at radius 3 is 2.00 bits per heavy atom. The first kappa shape index (κ1) is 15.3. The number of hydrogen-bond donors (Lipinski definition) is 0. The van der Waals surface area contributed by atoms with Crippen LogP contribution in [0.15, 0.2) is 60.7 Å². The third-order valence-electron chi connectivity index (χ3n) is 3.32. The van der Waals surface area contributed by atoms with Gasteiger partial charge >= 0.3 is 0 Å².